The monoisotopic (exact) mass is 247 g/mol. The lowest BCUT2D eigenvalue weighted by Gasteiger charge is -2.32. The average Bonchev–Trinajstić information content (AvgIpc) is 2.39. The smallest absolute Gasteiger partial charge is 0.129 e. The van der Waals surface area contributed by atoms with Crippen LogP contribution in [0.25, 0.3) is 0 Å². The van der Waals surface area contributed by atoms with E-state index in [-0.39, 0.29) is 0 Å². The summed E-state index contributed by atoms with van der Waals surface area (Å²) in [5.41, 5.74) is 1.12. The highest BCUT2D eigenvalue weighted by Crippen LogP contribution is 2.29. The first-order chi connectivity index (χ1) is 8.70. The molecule has 0 amide bonds. The second kappa shape index (κ2) is 6.17. The topological polar surface area (TPSA) is 37.8 Å². The minimum atomic E-state index is 0.460. The molecule has 3 heteroatoms. The van der Waals surface area contributed by atoms with Crippen molar-refractivity contribution in [2.24, 2.45) is 5.92 Å². The Bertz CT molecular complexity index is 376. The Morgan fingerprint density at radius 1 is 1.28 bits per heavy atom. The van der Waals surface area contributed by atoms with Gasteiger partial charge in [-0.05, 0) is 24.7 Å². The Hall–Kier alpha value is -1.12. The molecule has 0 aromatic carbocycles. The summed E-state index contributed by atoms with van der Waals surface area (Å²) in [5, 5.41) is 3.63. The van der Waals surface area contributed by atoms with E-state index in [9.17, 15) is 0 Å². The predicted molar refractivity (Wildman–Crippen MR) is 75.8 cm³/mol. The molecule has 1 aliphatic carbocycles. The van der Waals surface area contributed by atoms with E-state index in [2.05, 4.69) is 42.1 Å². The molecule has 0 saturated heterocycles. The molecule has 1 fully saturated rings. The number of hydrogen-bond acceptors (Lipinski definition) is 3. The number of rotatable bonds is 4. The molecule has 18 heavy (non-hydrogen) atoms. The SMILES string of the molecule is CCC1CCCCC1Nc1cc(C(C)C)ncn1. The van der Waals surface area contributed by atoms with Gasteiger partial charge in [-0.2, -0.15) is 0 Å². The first-order valence-corrected chi connectivity index (χ1v) is 7.29. The van der Waals surface area contributed by atoms with E-state index in [0.717, 1.165) is 17.4 Å². The standard InChI is InChI=1S/C15H25N3/c1-4-12-7-5-6-8-13(12)18-15-9-14(11(2)3)16-10-17-15/h9-13H,4-8H2,1-3H3,(H,16,17,18). The van der Waals surface area contributed by atoms with Crippen LogP contribution in [0.15, 0.2) is 12.4 Å². The van der Waals surface area contributed by atoms with Gasteiger partial charge in [0.25, 0.3) is 0 Å². The summed E-state index contributed by atoms with van der Waals surface area (Å²) < 4.78 is 0. The van der Waals surface area contributed by atoms with Crippen molar-refractivity contribution in [1.29, 1.82) is 0 Å². The van der Waals surface area contributed by atoms with Gasteiger partial charge in [-0.3, -0.25) is 0 Å². The molecule has 2 unspecified atom stereocenters. The summed E-state index contributed by atoms with van der Waals surface area (Å²) in [4.78, 5) is 8.68. The van der Waals surface area contributed by atoms with E-state index in [1.54, 1.807) is 6.33 Å². The van der Waals surface area contributed by atoms with Crippen LogP contribution >= 0.6 is 0 Å². The van der Waals surface area contributed by atoms with Gasteiger partial charge in [0.1, 0.15) is 12.1 Å². The predicted octanol–water partition coefficient (Wildman–Crippen LogP) is 3.98. The van der Waals surface area contributed by atoms with Crippen LogP contribution in [0.1, 0.15) is 64.5 Å². The Morgan fingerprint density at radius 3 is 2.78 bits per heavy atom. The molecule has 1 N–H and O–H groups in total. The maximum Gasteiger partial charge on any atom is 0.129 e. The average molecular weight is 247 g/mol. The number of aromatic nitrogens is 2. The maximum absolute atomic E-state index is 4.36. The van der Waals surface area contributed by atoms with Crippen LogP contribution in [0.5, 0.6) is 0 Å². The third-order valence-electron chi connectivity index (χ3n) is 4.05. The van der Waals surface area contributed by atoms with Crippen LogP contribution in [0.3, 0.4) is 0 Å². The van der Waals surface area contributed by atoms with Crippen molar-refractivity contribution in [2.75, 3.05) is 5.32 Å². The highest BCUT2D eigenvalue weighted by Gasteiger charge is 2.23. The molecule has 0 spiro atoms. The zero-order valence-corrected chi connectivity index (χ0v) is 11.8. The van der Waals surface area contributed by atoms with Gasteiger partial charge in [0.05, 0.1) is 0 Å². The van der Waals surface area contributed by atoms with E-state index < -0.39 is 0 Å². The molecule has 0 bridgehead atoms. The third kappa shape index (κ3) is 3.21. The number of nitrogens with zero attached hydrogens (tertiary/aromatic N) is 2. The van der Waals surface area contributed by atoms with Gasteiger partial charge in [-0.25, -0.2) is 9.97 Å². The number of hydrogen-bond donors (Lipinski definition) is 1. The van der Waals surface area contributed by atoms with Gasteiger partial charge in [0, 0.05) is 17.8 Å². The highest BCUT2D eigenvalue weighted by molar-refractivity contribution is 5.37. The Labute approximate surface area is 110 Å². The molecule has 0 aliphatic heterocycles. The van der Waals surface area contributed by atoms with Gasteiger partial charge in [-0.15, -0.1) is 0 Å². The summed E-state index contributed by atoms with van der Waals surface area (Å²) in [6.45, 7) is 6.63. The van der Waals surface area contributed by atoms with Gasteiger partial charge in [0.15, 0.2) is 0 Å². The van der Waals surface area contributed by atoms with Crippen LogP contribution in [-0.4, -0.2) is 16.0 Å². The minimum Gasteiger partial charge on any atom is -0.367 e. The van der Waals surface area contributed by atoms with E-state index in [1.165, 1.54) is 32.1 Å². The zero-order chi connectivity index (χ0) is 13.0. The normalized spacial score (nSPS) is 24.2. The van der Waals surface area contributed by atoms with Crippen molar-refractivity contribution < 1.29 is 0 Å². The lowest BCUT2D eigenvalue weighted by Crippen LogP contribution is -2.32. The third-order valence-corrected chi connectivity index (χ3v) is 4.05. The molecule has 3 nitrogen and oxygen atoms in total. The van der Waals surface area contributed by atoms with Crippen molar-refractivity contribution in [1.82, 2.24) is 9.97 Å². The molecule has 2 atom stereocenters. The molecule has 1 heterocycles. The van der Waals surface area contributed by atoms with Gasteiger partial charge in [0.2, 0.25) is 0 Å². The first kappa shape index (κ1) is 13.3. The largest absolute Gasteiger partial charge is 0.367 e. The molecule has 0 radical (unpaired) electrons. The summed E-state index contributed by atoms with van der Waals surface area (Å²) in [6, 6.07) is 2.70. The van der Waals surface area contributed by atoms with Crippen molar-refractivity contribution >= 4 is 5.82 Å². The molecular formula is C15H25N3. The minimum absolute atomic E-state index is 0.460. The van der Waals surface area contributed by atoms with Crippen LogP contribution in [0, 0.1) is 5.92 Å². The van der Waals surface area contributed by atoms with Gasteiger partial charge in [-0.1, -0.05) is 40.0 Å². The fraction of sp³-hybridized carbons (Fsp3) is 0.733. The summed E-state index contributed by atoms with van der Waals surface area (Å²) in [7, 11) is 0. The van der Waals surface area contributed by atoms with E-state index >= 15 is 0 Å². The Kier molecular flexibility index (Phi) is 4.56. The second-order valence-corrected chi connectivity index (χ2v) is 5.69. The lowest BCUT2D eigenvalue weighted by atomic mass is 9.83. The summed E-state index contributed by atoms with van der Waals surface area (Å²) in [5.74, 6) is 2.26. The van der Waals surface area contributed by atoms with Crippen LogP contribution < -0.4 is 5.32 Å². The fourth-order valence-electron chi connectivity index (χ4n) is 2.84. The molecule has 1 saturated carbocycles. The molecular weight excluding hydrogens is 222 g/mol. The molecule has 2 rings (SSSR count). The maximum atomic E-state index is 4.36. The molecule has 1 aromatic heterocycles. The Balaban J connectivity index is 2.05. The van der Waals surface area contributed by atoms with Crippen molar-refractivity contribution in [3.05, 3.63) is 18.1 Å². The van der Waals surface area contributed by atoms with E-state index in [0.29, 0.717) is 12.0 Å². The van der Waals surface area contributed by atoms with Crippen molar-refractivity contribution in [3.8, 4) is 0 Å². The van der Waals surface area contributed by atoms with Crippen molar-refractivity contribution in [3.63, 3.8) is 0 Å². The Morgan fingerprint density at radius 2 is 2.06 bits per heavy atom. The zero-order valence-electron chi connectivity index (χ0n) is 11.8. The fourth-order valence-corrected chi connectivity index (χ4v) is 2.84. The van der Waals surface area contributed by atoms with Gasteiger partial charge < -0.3 is 5.32 Å². The number of nitrogens with one attached hydrogen (secondary N) is 1. The quantitative estimate of drug-likeness (QED) is 0.874. The summed E-state index contributed by atoms with van der Waals surface area (Å²) in [6.07, 6.45) is 8.31. The van der Waals surface area contributed by atoms with Crippen LogP contribution in [0.2, 0.25) is 0 Å². The van der Waals surface area contributed by atoms with Gasteiger partial charge >= 0.3 is 0 Å². The van der Waals surface area contributed by atoms with E-state index in [4.69, 9.17) is 0 Å². The first-order valence-electron chi connectivity index (χ1n) is 7.29. The van der Waals surface area contributed by atoms with E-state index in [1.807, 2.05) is 0 Å². The second-order valence-electron chi connectivity index (χ2n) is 5.69. The molecule has 100 valence electrons. The summed E-state index contributed by atoms with van der Waals surface area (Å²) >= 11 is 0. The highest BCUT2D eigenvalue weighted by atomic mass is 15.0. The van der Waals surface area contributed by atoms with Crippen LogP contribution in [0.4, 0.5) is 5.82 Å². The molecule has 1 aromatic rings. The lowest BCUT2D eigenvalue weighted by molar-refractivity contribution is 0.317. The van der Waals surface area contributed by atoms with Crippen LogP contribution in [-0.2, 0) is 0 Å². The molecule has 1 aliphatic rings. The number of anilines is 1. The van der Waals surface area contributed by atoms with Crippen molar-refractivity contribution in [2.45, 2.75) is 64.8 Å².